The SMILES string of the molecule is C/C=C\CCCNCC(CC)[C@H](C)CCC. The van der Waals surface area contributed by atoms with Crippen LogP contribution in [0.1, 0.15) is 59.8 Å². The van der Waals surface area contributed by atoms with E-state index in [1.165, 1.54) is 45.2 Å². The van der Waals surface area contributed by atoms with Gasteiger partial charge < -0.3 is 5.32 Å². The molecule has 0 aliphatic rings. The number of unbranched alkanes of at least 4 members (excludes halogenated alkanes) is 1. The van der Waals surface area contributed by atoms with Crippen molar-refractivity contribution in [3.8, 4) is 0 Å². The molecular formula is C15H31N. The Morgan fingerprint density at radius 3 is 2.56 bits per heavy atom. The lowest BCUT2D eigenvalue weighted by molar-refractivity contribution is 0.311. The average molecular weight is 225 g/mol. The lowest BCUT2D eigenvalue weighted by atomic mass is 9.88. The highest BCUT2D eigenvalue weighted by Crippen LogP contribution is 2.19. The number of hydrogen-bond acceptors (Lipinski definition) is 1. The van der Waals surface area contributed by atoms with Gasteiger partial charge in [-0.25, -0.2) is 0 Å². The number of nitrogens with one attached hydrogen (secondary N) is 1. The van der Waals surface area contributed by atoms with Gasteiger partial charge in [-0.05, 0) is 44.7 Å². The number of hydrogen-bond donors (Lipinski definition) is 1. The molecule has 1 N–H and O–H groups in total. The first-order chi connectivity index (χ1) is 7.76. The second kappa shape index (κ2) is 11.2. The molecule has 0 fully saturated rings. The summed E-state index contributed by atoms with van der Waals surface area (Å²) >= 11 is 0. The molecule has 0 spiro atoms. The summed E-state index contributed by atoms with van der Waals surface area (Å²) in [5.74, 6) is 1.74. The molecule has 16 heavy (non-hydrogen) atoms. The van der Waals surface area contributed by atoms with Gasteiger partial charge in [0.05, 0.1) is 0 Å². The van der Waals surface area contributed by atoms with E-state index in [4.69, 9.17) is 0 Å². The van der Waals surface area contributed by atoms with Crippen LogP contribution in [0.25, 0.3) is 0 Å². The molecule has 0 amide bonds. The zero-order valence-corrected chi connectivity index (χ0v) is 11.8. The van der Waals surface area contributed by atoms with Crippen molar-refractivity contribution in [2.24, 2.45) is 11.8 Å². The van der Waals surface area contributed by atoms with Crippen molar-refractivity contribution in [3.05, 3.63) is 12.2 Å². The Labute approximate surface area is 103 Å². The first-order valence-corrected chi connectivity index (χ1v) is 7.08. The van der Waals surface area contributed by atoms with E-state index < -0.39 is 0 Å². The standard InChI is InChI=1S/C15H31N/c1-5-8-9-10-12-16-13-15(7-3)14(4)11-6-2/h5,8,14-16H,6-7,9-13H2,1-4H3/b8-5-/t14-,15?/m1/s1. The Bertz CT molecular complexity index is 163. The van der Waals surface area contributed by atoms with Crippen LogP contribution < -0.4 is 5.32 Å². The third-order valence-corrected chi connectivity index (χ3v) is 3.44. The van der Waals surface area contributed by atoms with Crippen molar-refractivity contribution < 1.29 is 0 Å². The fourth-order valence-electron chi connectivity index (χ4n) is 2.24. The second-order valence-corrected chi connectivity index (χ2v) is 4.85. The average Bonchev–Trinajstić information content (AvgIpc) is 2.28. The maximum atomic E-state index is 3.60. The first-order valence-electron chi connectivity index (χ1n) is 7.08. The molecule has 0 aromatic rings. The minimum Gasteiger partial charge on any atom is -0.316 e. The molecule has 1 unspecified atom stereocenters. The third-order valence-electron chi connectivity index (χ3n) is 3.44. The van der Waals surface area contributed by atoms with Gasteiger partial charge in [-0.2, -0.15) is 0 Å². The minimum absolute atomic E-state index is 0.863. The Hall–Kier alpha value is -0.300. The Morgan fingerprint density at radius 2 is 2.00 bits per heavy atom. The van der Waals surface area contributed by atoms with E-state index in [0.29, 0.717) is 0 Å². The van der Waals surface area contributed by atoms with Gasteiger partial charge in [-0.3, -0.25) is 0 Å². The minimum atomic E-state index is 0.863. The topological polar surface area (TPSA) is 12.0 Å². The van der Waals surface area contributed by atoms with Crippen molar-refractivity contribution in [1.29, 1.82) is 0 Å². The molecule has 0 aromatic carbocycles. The Balaban J connectivity index is 3.54. The molecule has 0 aliphatic heterocycles. The van der Waals surface area contributed by atoms with Crippen LogP contribution in [0, 0.1) is 11.8 Å². The smallest absolute Gasteiger partial charge is 0.00181 e. The van der Waals surface area contributed by atoms with Crippen LogP contribution in [0.4, 0.5) is 0 Å². The van der Waals surface area contributed by atoms with Gasteiger partial charge in [-0.1, -0.05) is 52.2 Å². The highest BCUT2D eigenvalue weighted by Gasteiger charge is 2.13. The summed E-state index contributed by atoms with van der Waals surface area (Å²) in [6.45, 7) is 11.5. The highest BCUT2D eigenvalue weighted by atomic mass is 14.9. The quantitative estimate of drug-likeness (QED) is 0.429. The normalized spacial score (nSPS) is 15.5. The van der Waals surface area contributed by atoms with Gasteiger partial charge in [0.1, 0.15) is 0 Å². The molecule has 96 valence electrons. The molecule has 1 heteroatoms. The summed E-state index contributed by atoms with van der Waals surface area (Å²) < 4.78 is 0. The molecule has 0 aliphatic carbocycles. The summed E-state index contributed by atoms with van der Waals surface area (Å²) in [6, 6.07) is 0. The Kier molecular flexibility index (Phi) is 11.0. The van der Waals surface area contributed by atoms with Crippen LogP contribution in [0.5, 0.6) is 0 Å². The van der Waals surface area contributed by atoms with Crippen LogP contribution in [0.2, 0.25) is 0 Å². The van der Waals surface area contributed by atoms with E-state index in [9.17, 15) is 0 Å². The number of allylic oxidation sites excluding steroid dienone is 2. The third kappa shape index (κ3) is 7.92. The van der Waals surface area contributed by atoms with E-state index in [0.717, 1.165) is 11.8 Å². The zero-order chi connectivity index (χ0) is 12.2. The van der Waals surface area contributed by atoms with Crippen molar-refractivity contribution in [2.45, 2.75) is 59.8 Å². The Morgan fingerprint density at radius 1 is 1.25 bits per heavy atom. The van der Waals surface area contributed by atoms with E-state index >= 15 is 0 Å². The van der Waals surface area contributed by atoms with E-state index in [2.05, 4.69) is 45.2 Å². The number of rotatable bonds is 10. The zero-order valence-electron chi connectivity index (χ0n) is 11.8. The summed E-state index contributed by atoms with van der Waals surface area (Å²) in [6.07, 6.45) is 10.9. The highest BCUT2D eigenvalue weighted by molar-refractivity contribution is 4.76. The molecule has 0 radical (unpaired) electrons. The van der Waals surface area contributed by atoms with Gasteiger partial charge in [0.25, 0.3) is 0 Å². The summed E-state index contributed by atoms with van der Waals surface area (Å²) in [5, 5.41) is 3.60. The molecule has 2 atom stereocenters. The second-order valence-electron chi connectivity index (χ2n) is 4.85. The lowest BCUT2D eigenvalue weighted by Crippen LogP contribution is -2.27. The van der Waals surface area contributed by atoms with Crippen LogP contribution in [-0.4, -0.2) is 13.1 Å². The monoisotopic (exact) mass is 225 g/mol. The van der Waals surface area contributed by atoms with Crippen LogP contribution in [0.3, 0.4) is 0 Å². The first kappa shape index (κ1) is 15.7. The van der Waals surface area contributed by atoms with Crippen LogP contribution in [-0.2, 0) is 0 Å². The fourth-order valence-corrected chi connectivity index (χ4v) is 2.24. The van der Waals surface area contributed by atoms with Crippen LogP contribution in [0.15, 0.2) is 12.2 Å². The van der Waals surface area contributed by atoms with Crippen molar-refractivity contribution >= 4 is 0 Å². The van der Waals surface area contributed by atoms with Crippen molar-refractivity contribution in [3.63, 3.8) is 0 Å². The molecule has 1 nitrogen and oxygen atoms in total. The predicted molar refractivity (Wildman–Crippen MR) is 74.8 cm³/mol. The van der Waals surface area contributed by atoms with Crippen molar-refractivity contribution in [2.75, 3.05) is 13.1 Å². The van der Waals surface area contributed by atoms with Gasteiger partial charge in [0, 0.05) is 0 Å². The summed E-state index contributed by atoms with van der Waals surface area (Å²) in [5.41, 5.74) is 0. The summed E-state index contributed by atoms with van der Waals surface area (Å²) in [7, 11) is 0. The van der Waals surface area contributed by atoms with E-state index in [1.807, 2.05) is 0 Å². The molecule has 0 saturated carbocycles. The van der Waals surface area contributed by atoms with Gasteiger partial charge in [0.15, 0.2) is 0 Å². The van der Waals surface area contributed by atoms with Gasteiger partial charge in [-0.15, -0.1) is 0 Å². The van der Waals surface area contributed by atoms with Gasteiger partial charge >= 0.3 is 0 Å². The van der Waals surface area contributed by atoms with Crippen molar-refractivity contribution in [1.82, 2.24) is 5.32 Å². The van der Waals surface area contributed by atoms with Gasteiger partial charge in [0.2, 0.25) is 0 Å². The van der Waals surface area contributed by atoms with Crippen LogP contribution >= 0.6 is 0 Å². The largest absolute Gasteiger partial charge is 0.316 e. The molecule has 0 saturated heterocycles. The lowest BCUT2D eigenvalue weighted by Gasteiger charge is -2.22. The maximum Gasteiger partial charge on any atom is -0.00181 e. The predicted octanol–water partition coefficient (Wildman–Crippen LogP) is 4.39. The fraction of sp³-hybridized carbons (Fsp3) is 0.867. The molecule has 0 bridgehead atoms. The van der Waals surface area contributed by atoms with E-state index in [1.54, 1.807) is 0 Å². The molecular weight excluding hydrogens is 194 g/mol. The maximum absolute atomic E-state index is 3.60. The van der Waals surface area contributed by atoms with E-state index in [-0.39, 0.29) is 0 Å². The molecule has 0 aromatic heterocycles. The molecule has 0 rings (SSSR count). The summed E-state index contributed by atoms with van der Waals surface area (Å²) in [4.78, 5) is 0. The molecule has 0 heterocycles.